The molecule has 4 nitrogen and oxygen atoms in total. The number of hydrogen-bond donors (Lipinski definition) is 2. The maximum atomic E-state index is 11.0. The van der Waals surface area contributed by atoms with Crippen LogP contribution in [0.5, 0.6) is 11.5 Å². The largest absolute Gasteiger partial charge is 0.481 e. The van der Waals surface area contributed by atoms with Crippen LogP contribution in [0.1, 0.15) is 16.7 Å². The third kappa shape index (κ3) is 4.72. The molecule has 2 N–H and O–H groups in total. The highest BCUT2D eigenvalue weighted by Gasteiger charge is 2.13. The summed E-state index contributed by atoms with van der Waals surface area (Å²) in [7, 11) is 0. The van der Waals surface area contributed by atoms with Crippen molar-refractivity contribution in [1.29, 1.82) is 0 Å². The van der Waals surface area contributed by atoms with E-state index in [4.69, 9.17) is 21.4 Å². The molecule has 0 amide bonds. The Balaban J connectivity index is 1.62. The van der Waals surface area contributed by atoms with Crippen LogP contribution in [0.4, 0.5) is 0 Å². The predicted molar refractivity (Wildman–Crippen MR) is 126 cm³/mol. The Kier molecular flexibility index (Phi) is 6.18. The summed E-state index contributed by atoms with van der Waals surface area (Å²) in [5.41, 5.74) is 4.04. The van der Waals surface area contributed by atoms with Crippen molar-refractivity contribution < 1.29 is 14.6 Å². The van der Waals surface area contributed by atoms with Gasteiger partial charge in [-0.25, -0.2) is 0 Å². The van der Waals surface area contributed by atoms with Crippen LogP contribution in [0, 0.1) is 0 Å². The molecule has 0 atom stereocenters. The van der Waals surface area contributed by atoms with Gasteiger partial charge in [-0.2, -0.15) is 0 Å². The van der Waals surface area contributed by atoms with Crippen LogP contribution in [0.3, 0.4) is 0 Å². The van der Waals surface area contributed by atoms with E-state index in [1.165, 1.54) is 5.56 Å². The van der Waals surface area contributed by atoms with Crippen LogP contribution in [-0.2, 0) is 17.6 Å². The first kappa shape index (κ1) is 21.0. The van der Waals surface area contributed by atoms with Crippen LogP contribution in [0.15, 0.2) is 69.7 Å². The molecule has 0 bridgehead atoms. The zero-order chi connectivity index (χ0) is 21.3. The summed E-state index contributed by atoms with van der Waals surface area (Å²) in [6.07, 6.45) is 2.73. The molecule has 0 aliphatic heterocycles. The Labute approximate surface area is 195 Å². The van der Waals surface area contributed by atoms with E-state index in [0.29, 0.717) is 26.0 Å². The van der Waals surface area contributed by atoms with Gasteiger partial charge in [0.2, 0.25) is 0 Å². The van der Waals surface area contributed by atoms with Crippen LogP contribution in [0.2, 0.25) is 5.02 Å². The Morgan fingerprint density at radius 2 is 1.70 bits per heavy atom. The van der Waals surface area contributed by atoms with Gasteiger partial charge in [-0.1, -0.05) is 23.7 Å². The lowest BCUT2D eigenvalue weighted by atomic mass is 10.0. The number of carbonyl (C=O) groups is 1. The van der Waals surface area contributed by atoms with Crippen LogP contribution < -0.4 is 4.74 Å². The molecule has 30 heavy (non-hydrogen) atoms. The summed E-state index contributed by atoms with van der Waals surface area (Å²) in [6.45, 7) is 0. The smallest absolute Gasteiger partial charge is 0.307 e. The second-order valence-corrected chi connectivity index (χ2v) is 9.03. The maximum Gasteiger partial charge on any atom is 0.307 e. The van der Waals surface area contributed by atoms with Gasteiger partial charge in [-0.15, -0.1) is 0 Å². The average Bonchev–Trinajstić information content (AvgIpc) is 3.08. The number of hydrogen-bond acceptors (Lipinski definition) is 2. The third-order valence-electron chi connectivity index (χ3n) is 4.68. The minimum Gasteiger partial charge on any atom is -0.481 e. The van der Waals surface area contributed by atoms with E-state index in [9.17, 15) is 4.79 Å². The number of H-pyrrole nitrogens is 1. The number of ether oxygens (including phenoxy) is 1. The first-order valence-corrected chi connectivity index (χ1v) is 11.1. The molecule has 4 rings (SSSR count). The molecule has 1 aromatic heterocycles. The molecule has 3 aromatic carbocycles. The van der Waals surface area contributed by atoms with E-state index in [-0.39, 0.29) is 6.42 Å². The van der Waals surface area contributed by atoms with Crippen molar-refractivity contribution in [2.24, 2.45) is 0 Å². The number of aromatic nitrogens is 1. The monoisotopic (exact) mass is 547 g/mol. The fourth-order valence-corrected chi connectivity index (χ4v) is 4.86. The van der Waals surface area contributed by atoms with Gasteiger partial charge in [-0.3, -0.25) is 4.79 Å². The van der Waals surface area contributed by atoms with Crippen molar-refractivity contribution in [1.82, 2.24) is 4.98 Å². The Bertz CT molecular complexity index is 1210. The minimum atomic E-state index is -0.881. The minimum absolute atomic E-state index is 0.0547. The molecule has 152 valence electrons. The van der Waals surface area contributed by atoms with Gasteiger partial charge in [0.15, 0.2) is 5.75 Å². The van der Waals surface area contributed by atoms with Crippen molar-refractivity contribution in [3.05, 3.63) is 91.5 Å². The van der Waals surface area contributed by atoms with E-state index in [0.717, 1.165) is 27.9 Å². The van der Waals surface area contributed by atoms with E-state index in [1.807, 2.05) is 48.7 Å². The lowest BCUT2D eigenvalue weighted by Gasteiger charge is -2.12. The standard InChI is InChI=1S/C23H16Br2ClNO3/c24-19-8-14(10-22(28)29)9-20(25)23(19)30-17-5-6-21-18(11-17)15(12-27-21)7-13-1-3-16(26)4-2-13/h1-6,8-9,11-12,27H,7,10H2,(H,28,29). The SMILES string of the molecule is O=C(O)Cc1cc(Br)c(Oc2ccc3[nH]cc(Cc4ccc(Cl)cc4)c3c2)c(Br)c1. The van der Waals surface area contributed by atoms with E-state index < -0.39 is 5.97 Å². The van der Waals surface area contributed by atoms with Gasteiger partial charge in [0.25, 0.3) is 0 Å². The van der Waals surface area contributed by atoms with Crippen molar-refractivity contribution >= 4 is 60.3 Å². The maximum absolute atomic E-state index is 11.0. The fraction of sp³-hybridized carbons (Fsp3) is 0.0870. The molecular weight excluding hydrogens is 534 g/mol. The number of rotatable bonds is 6. The topological polar surface area (TPSA) is 62.3 Å². The zero-order valence-electron chi connectivity index (χ0n) is 15.6. The molecule has 0 unspecified atom stereocenters. The average molecular weight is 550 g/mol. The second-order valence-electron chi connectivity index (χ2n) is 6.89. The number of nitrogens with one attached hydrogen (secondary N) is 1. The molecular formula is C23H16Br2ClNO3. The third-order valence-corrected chi connectivity index (χ3v) is 6.11. The Hall–Kier alpha value is -2.28. The van der Waals surface area contributed by atoms with Gasteiger partial charge in [0.05, 0.1) is 15.4 Å². The summed E-state index contributed by atoms with van der Waals surface area (Å²) in [5.74, 6) is 0.402. The van der Waals surface area contributed by atoms with Gasteiger partial charge in [0.1, 0.15) is 5.75 Å². The number of aromatic amines is 1. The van der Waals surface area contributed by atoms with Crippen LogP contribution in [0.25, 0.3) is 10.9 Å². The van der Waals surface area contributed by atoms with Crippen molar-refractivity contribution in [2.75, 3.05) is 0 Å². The highest BCUT2D eigenvalue weighted by Crippen LogP contribution is 2.39. The van der Waals surface area contributed by atoms with Gasteiger partial charge in [-0.05, 0) is 97.4 Å². The lowest BCUT2D eigenvalue weighted by Crippen LogP contribution is -2.00. The summed E-state index contributed by atoms with van der Waals surface area (Å²) in [4.78, 5) is 14.3. The summed E-state index contributed by atoms with van der Waals surface area (Å²) in [6, 6.07) is 17.2. The zero-order valence-corrected chi connectivity index (χ0v) is 19.5. The quantitative estimate of drug-likeness (QED) is 0.264. The summed E-state index contributed by atoms with van der Waals surface area (Å²) in [5, 5.41) is 10.8. The highest BCUT2D eigenvalue weighted by atomic mass is 79.9. The van der Waals surface area contributed by atoms with E-state index >= 15 is 0 Å². The van der Waals surface area contributed by atoms with E-state index in [1.54, 1.807) is 12.1 Å². The lowest BCUT2D eigenvalue weighted by molar-refractivity contribution is -0.136. The Morgan fingerprint density at radius 3 is 2.37 bits per heavy atom. The van der Waals surface area contributed by atoms with Crippen LogP contribution in [-0.4, -0.2) is 16.1 Å². The molecule has 7 heteroatoms. The number of halogens is 3. The molecule has 0 saturated carbocycles. The van der Waals surface area contributed by atoms with Crippen molar-refractivity contribution in [3.8, 4) is 11.5 Å². The molecule has 0 saturated heterocycles. The summed E-state index contributed by atoms with van der Waals surface area (Å²) < 4.78 is 7.49. The van der Waals surface area contributed by atoms with Gasteiger partial charge >= 0.3 is 5.97 Å². The number of aliphatic carboxylic acids is 1. The second kappa shape index (κ2) is 8.84. The molecule has 0 aliphatic rings. The van der Waals surface area contributed by atoms with Crippen LogP contribution >= 0.6 is 43.5 Å². The molecule has 0 radical (unpaired) electrons. The molecule has 0 spiro atoms. The van der Waals surface area contributed by atoms with E-state index in [2.05, 4.69) is 36.8 Å². The first-order valence-electron chi connectivity index (χ1n) is 9.11. The number of carboxylic acids is 1. The van der Waals surface area contributed by atoms with Gasteiger partial charge < -0.3 is 14.8 Å². The summed E-state index contributed by atoms with van der Waals surface area (Å²) >= 11 is 13.0. The highest BCUT2D eigenvalue weighted by molar-refractivity contribution is 9.11. The van der Waals surface area contributed by atoms with Gasteiger partial charge in [0, 0.05) is 22.1 Å². The molecule has 0 fully saturated rings. The Morgan fingerprint density at radius 1 is 1.00 bits per heavy atom. The molecule has 1 heterocycles. The first-order chi connectivity index (χ1) is 14.4. The predicted octanol–water partition coefficient (Wildman–Crippen LogP) is 7.36. The molecule has 0 aliphatic carbocycles. The number of benzene rings is 3. The number of fused-ring (bicyclic) bond motifs is 1. The number of carboxylic acid groups (broad SMARTS) is 1. The normalized spacial score (nSPS) is 11.0. The van der Waals surface area contributed by atoms with Crippen molar-refractivity contribution in [3.63, 3.8) is 0 Å². The fourth-order valence-electron chi connectivity index (χ4n) is 3.29. The molecule has 4 aromatic rings. The van der Waals surface area contributed by atoms with Crippen molar-refractivity contribution in [2.45, 2.75) is 12.8 Å².